The molecule has 1 rings (SSSR count). The van der Waals surface area contributed by atoms with E-state index in [1.165, 1.54) is 5.56 Å². The van der Waals surface area contributed by atoms with Gasteiger partial charge in [-0.1, -0.05) is 29.7 Å². The maximum Gasteiger partial charge on any atom is 0.0745 e. The first kappa shape index (κ1) is 12.1. The number of nitrogens with one attached hydrogen (secondary N) is 1. The van der Waals surface area contributed by atoms with E-state index in [1.54, 1.807) is 0 Å². The highest BCUT2D eigenvalue weighted by molar-refractivity contribution is 6.30. The molecule has 15 heavy (non-hydrogen) atoms. The molecule has 2 heteroatoms. The summed E-state index contributed by atoms with van der Waals surface area (Å²) in [6.07, 6.45) is 5.42. The summed E-state index contributed by atoms with van der Waals surface area (Å²) in [6.45, 7) is 6.06. The molecule has 0 fully saturated rings. The smallest absolute Gasteiger partial charge is 0.0745 e. The van der Waals surface area contributed by atoms with Gasteiger partial charge in [-0.05, 0) is 38.5 Å². The molecule has 0 amide bonds. The van der Waals surface area contributed by atoms with Gasteiger partial charge in [-0.3, -0.25) is 5.32 Å². The molecular weight excluding hydrogens is 206 g/mol. The first-order chi connectivity index (χ1) is 6.94. The summed E-state index contributed by atoms with van der Waals surface area (Å²) in [4.78, 5) is 0. The third-order valence-electron chi connectivity index (χ3n) is 2.31. The summed E-state index contributed by atoms with van der Waals surface area (Å²) < 4.78 is 0. The van der Waals surface area contributed by atoms with Gasteiger partial charge in [0.05, 0.1) is 5.54 Å². The molecule has 0 aliphatic heterocycles. The van der Waals surface area contributed by atoms with E-state index >= 15 is 0 Å². The number of hydrogen-bond donors (Lipinski definition) is 1. The lowest BCUT2D eigenvalue weighted by Gasteiger charge is -2.25. The van der Waals surface area contributed by atoms with E-state index in [0.29, 0.717) is 0 Å². The zero-order valence-electron chi connectivity index (χ0n) is 9.34. The van der Waals surface area contributed by atoms with Crippen LogP contribution in [-0.2, 0) is 0 Å². The van der Waals surface area contributed by atoms with Crippen LogP contribution in [0.2, 0.25) is 5.02 Å². The van der Waals surface area contributed by atoms with Gasteiger partial charge in [0.25, 0.3) is 0 Å². The van der Waals surface area contributed by atoms with Crippen LogP contribution in [0.3, 0.4) is 0 Å². The largest absolute Gasteiger partial charge is 0.295 e. The van der Waals surface area contributed by atoms with E-state index in [4.69, 9.17) is 18.0 Å². The monoisotopic (exact) mass is 221 g/mol. The Balaban J connectivity index is 2.74. The Morgan fingerprint density at radius 2 is 1.87 bits per heavy atom. The molecule has 0 heterocycles. The topological polar surface area (TPSA) is 12.0 Å². The maximum absolute atomic E-state index is 5.82. The third kappa shape index (κ3) is 3.58. The van der Waals surface area contributed by atoms with E-state index < -0.39 is 0 Å². The predicted molar refractivity (Wildman–Crippen MR) is 65.9 cm³/mol. The first-order valence-corrected chi connectivity index (χ1v) is 5.33. The van der Waals surface area contributed by atoms with Crippen molar-refractivity contribution in [3.05, 3.63) is 34.9 Å². The van der Waals surface area contributed by atoms with E-state index in [1.807, 2.05) is 38.1 Å². The van der Waals surface area contributed by atoms with Gasteiger partial charge < -0.3 is 0 Å². The molecular formula is C13H16ClN. The first-order valence-electron chi connectivity index (χ1n) is 4.95. The maximum atomic E-state index is 5.82. The van der Waals surface area contributed by atoms with E-state index in [2.05, 4.69) is 18.2 Å². The Morgan fingerprint density at radius 3 is 2.33 bits per heavy atom. The van der Waals surface area contributed by atoms with Crippen LogP contribution in [0.1, 0.15) is 32.4 Å². The zero-order valence-corrected chi connectivity index (χ0v) is 10.1. The molecule has 1 aromatic rings. The molecule has 0 bridgehead atoms. The van der Waals surface area contributed by atoms with Gasteiger partial charge in [0, 0.05) is 11.1 Å². The Labute approximate surface area is 96.8 Å². The van der Waals surface area contributed by atoms with E-state index in [9.17, 15) is 0 Å². The van der Waals surface area contributed by atoms with Gasteiger partial charge in [0.15, 0.2) is 0 Å². The van der Waals surface area contributed by atoms with Crippen LogP contribution < -0.4 is 5.32 Å². The van der Waals surface area contributed by atoms with Crippen molar-refractivity contribution in [2.24, 2.45) is 0 Å². The number of benzene rings is 1. The normalized spacial score (nSPS) is 13.3. The Morgan fingerprint density at radius 1 is 1.33 bits per heavy atom. The lowest BCUT2D eigenvalue weighted by atomic mass is 10.0. The highest BCUT2D eigenvalue weighted by atomic mass is 35.5. The van der Waals surface area contributed by atoms with Crippen LogP contribution in [0.4, 0.5) is 0 Å². The van der Waals surface area contributed by atoms with Gasteiger partial charge in [-0.2, -0.15) is 0 Å². The number of terminal acetylenes is 1. The minimum Gasteiger partial charge on any atom is -0.295 e. The van der Waals surface area contributed by atoms with Crippen LogP contribution in [0.25, 0.3) is 0 Å². The van der Waals surface area contributed by atoms with Crippen LogP contribution >= 0.6 is 11.6 Å². The van der Waals surface area contributed by atoms with Crippen LogP contribution in [0, 0.1) is 12.3 Å². The Kier molecular flexibility index (Phi) is 3.79. The Hall–Kier alpha value is -0.970. The molecule has 0 radical (unpaired) electrons. The zero-order chi connectivity index (χ0) is 11.5. The standard InChI is InChI=1S/C13H16ClN/c1-5-13(3,4)15-10(2)11-6-8-12(14)9-7-11/h1,6-10,15H,2-4H3. The van der Waals surface area contributed by atoms with Crippen LogP contribution in [0.5, 0.6) is 0 Å². The van der Waals surface area contributed by atoms with Gasteiger partial charge in [0.1, 0.15) is 0 Å². The molecule has 1 nitrogen and oxygen atoms in total. The van der Waals surface area contributed by atoms with E-state index in [0.717, 1.165) is 5.02 Å². The molecule has 1 N–H and O–H groups in total. The fraction of sp³-hybridized carbons (Fsp3) is 0.385. The summed E-state index contributed by atoms with van der Waals surface area (Å²) in [7, 11) is 0. The molecule has 0 aliphatic rings. The van der Waals surface area contributed by atoms with Crippen molar-refractivity contribution in [1.29, 1.82) is 0 Å². The van der Waals surface area contributed by atoms with Crippen molar-refractivity contribution in [3.8, 4) is 12.3 Å². The molecule has 0 spiro atoms. The van der Waals surface area contributed by atoms with E-state index in [-0.39, 0.29) is 11.6 Å². The predicted octanol–water partition coefficient (Wildman–Crippen LogP) is 3.40. The third-order valence-corrected chi connectivity index (χ3v) is 2.56. The van der Waals surface area contributed by atoms with Crippen LogP contribution in [-0.4, -0.2) is 5.54 Å². The summed E-state index contributed by atoms with van der Waals surface area (Å²) in [6, 6.07) is 8.00. The minimum absolute atomic E-state index is 0.216. The molecule has 1 atom stereocenters. The lowest BCUT2D eigenvalue weighted by Crippen LogP contribution is -2.39. The minimum atomic E-state index is -0.293. The molecule has 0 saturated heterocycles. The number of rotatable bonds is 3. The fourth-order valence-electron chi connectivity index (χ4n) is 1.42. The highest BCUT2D eigenvalue weighted by Gasteiger charge is 2.17. The van der Waals surface area contributed by atoms with Crippen LogP contribution in [0.15, 0.2) is 24.3 Å². The summed E-state index contributed by atoms with van der Waals surface area (Å²) in [5.74, 6) is 2.72. The average Bonchev–Trinajstić information content (AvgIpc) is 2.18. The highest BCUT2D eigenvalue weighted by Crippen LogP contribution is 2.18. The number of halogens is 1. The lowest BCUT2D eigenvalue weighted by molar-refractivity contribution is 0.431. The summed E-state index contributed by atoms with van der Waals surface area (Å²) in [5.41, 5.74) is 0.890. The molecule has 0 saturated carbocycles. The van der Waals surface area contributed by atoms with Crippen molar-refractivity contribution >= 4 is 11.6 Å². The van der Waals surface area contributed by atoms with Gasteiger partial charge in [-0.25, -0.2) is 0 Å². The van der Waals surface area contributed by atoms with Gasteiger partial charge >= 0.3 is 0 Å². The second-order valence-electron chi connectivity index (χ2n) is 4.19. The van der Waals surface area contributed by atoms with Gasteiger partial charge in [0.2, 0.25) is 0 Å². The quantitative estimate of drug-likeness (QED) is 0.772. The number of hydrogen-bond acceptors (Lipinski definition) is 1. The van der Waals surface area contributed by atoms with Crippen molar-refractivity contribution < 1.29 is 0 Å². The van der Waals surface area contributed by atoms with Gasteiger partial charge in [-0.15, -0.1) is 6.42 Å². The average molecular weight is 222 g/mol. The summed E-state index contributed by atoms with van der Waals surface area (Å²) in [5, 5.41) is 4.11. The molecule has 0 aromatic heterocycles. The molecule has 1 unspecified atom stereocenters. The van der Waals surface area contributed by atoms with Crippen molar-refractivity contribution in [3.63, 3.8) is 0 Å². The van der Waals surface area contributed by atoms with Crippen molar-refractivity contribution in [2.45, 2.75) is 32.4 Å². The fourth-order valence-corrected chi connectivity index (χ4v) is 1.54. The van der Waals surface area contributed by atoms with Crippen molar-refractivity contribution in [1.82, 2.24) is 5.32 Å². The SMILES string of the molecule is C#CC(C)(C)NC(C)c1ccc(Cl)cc1. The molecule has 80 valence electrons. The molecule has 1 aromatic carbocycles. The second-order valence-corrected chi connectivity index (χ2v) is 4.62. The van der Waals surface area contributed by atoms with Crippen molar-refractivity contribution in [2.75, 3.05) is 0 Å². The Bertz CT molecular complexity index is 359. The summed E-state index contributed by atoms with van der Waals surface area (Å²) >= 11 is 5.82. The molecule has 0 aliphatic carbocycles. The second kappa shape index (κ2) is 4.70.